The maximum atomic E-state index is 12.8. The summed E-state index contributed by atoms with van der Waals surface area (Å²) in [5.74, 6) is -0.886. The molecule has 0 spiro atoms. The summed E-state index contributed by atoms with van der Waals surface area (Å²) in [6, 6.07) is 17.3. The number of ether oxygens (including phenoxy) is 2. The van der Waals surface area contributed by atoms with Gasteiger partial charge in [-0.3, -0.25) is 14.4 Å². The Hall–Kier alpha value is -3.88. The Labute approximate surface area is 211 Å². The Kier molecular flexibility index (Phi) is 13.2. The minimum atomic E-state index is -0.755. The SMILES string of the molecule is COC(=O)CCCCCNC(=O)[C@H](CCCNC(=O)OCc1ccccc1)NC(=O)c1ccccc1. The summed E-state index contributed by atoms with van der Waals surface area (Å²) >= 11 is 0. The van der Waals surface area contributed by atoms with Crippen LogP contribution in [0.15, 0.2) is 60.7 Å². The summed E-state index contributed by atoms with van der Waals surface area (Å²) in [7, 11) is 1.36. The highest BCUT2D eigenvalue weighted by Crippen LogP contribution is 2.05. The first-order valence-corrected chi connectivity index (χ1v) is 12.1. The minimum Gasteiger partial charge on any atom is -0.469 e. The van der Waals surface area contributed by atoms with E-state index in [4.69, 9.17) is 4.74 Å². The van der Waals surface area contributed by atoms with Crippen LogP contribution in [0.3, 0.4) is 0 Å². The van der Waals surface area contributed by atoms with Crippen molar-refractivity contribution in [2.45, 2.75) is 51.2 Å². The predicted octanol–water partition coefficient (Wildman–Crippen LogP) is 3.34. The van der Waals surface area contributed by atoms with Gasteiger partial charge in [0.2, 0.25) is 5.91 Å². The zero-order chi connectivity index (χ0) is 26.0. The van der Waals surface area contributed by atoms with Gasteiger partial charge in [0.25, 0.3) is 5.91 Å². The number of alkyl carbamates (subject to hydrolysis) is 1. The highest BCUT2D eigenvalue weighted by Gasteiger charge is 2.21. The van der Waals surface area contributed by atoms with Gasteiger partial charge in [-0.1, -0.05) is 55.0 Å². The molecule has 0 bridgehead atoms. The van der Waals surface area contributed by atoms with Gasteiger partial charge in [-0.05, 0) is 43.4 Å². The lowest BCUT2D eigenvalue weighted by Gasteiger charge is -2.19. The molecule has 0 radical (unpaired) electrons. The molecule has 2 aromatic rings. The molecule has 2 rings (SSSR count). The Bertz CT molecular complexity index is 952. The Morgan fingerprint density at radius 2 is 1.47 bits per heavy atom. The molecule has 0 aliphatic heterocycles. The molecule has 0 aliphatic carbocycles. The number of nitrogens with one attached hydrogen (secondary N) is 3. The molecule has 0 aliphatic rings. The smallest absolute Gasteiger partial charge is 0.407 e. The van der Waals surface area contributed by atoms with Crippen LogP contribution in [0.5, 0.6) is 0 Å². The van der Waals surface area contributed by atoms with Crippen LogP contribution in [0, 0.1) is 0 Å². The largest absolute Gasteiger partial charge is 0.469 e. The predicted molar refractivity (Wildman–Crippen MR) is 135 cm³/mol. The van der Waals surface area contributed by atoms with Gasteiger partial charge in [0.15, 0.2) is 0 Å². The zero-order valence-electron chi connectivity index (χ0n) is 20.7. The van der Waals surface area contributed by atoms with Gasteiger partial charge >= 0.3 is 12.1 Å². The Balaban J connectivity index is 1.77. The van der Waals surface area contributed by atoms with Gasteiger partial charge in [0.05, 0.1) is 7.11 Å². The van der Waals surface area contributed by atoms with E-state index in [-0.39, 0.29) is 24.4 Å². The summed E-state index contributed by atoms with van der Waals surface area (Å²) < 4.78 is 9.80. The quantitative estimate of drug-likeness (QED) is 0.256. The highest BCUT2D eigenvalue weighted by atomic mass is 16.5. The number of methoxy groups -OCH3 is 1. The third-order valence-corrected chi connectivity index (χ3v) is 5.39. The van der Waals surface area contributed by atoms with Gasteiger partial charge in [-0.2, -0.15) is 0 Å². The van der Waals surface area contributed by atoms with Gasteiger partial charge in [-0.15, -0.1) is 0 Å². The second-order valence-corrected chi connectivity index (χ2v) is 8.20. The number of unbranched alkanes of at least 4 members (excludes halogenated alkanes) is 2. The summed E-state index contributed by atoms with van der Waals surface area (Å²) in [5, 5.41) is 8.30. The fourth-order valence-corrected chi connectivity index (χ4v) is 3.38. The second-order valence-electron chi connectivity index (χ2n) is 8.20. The monoisotopic (exact) mass is 497 g/mol. The second kappa shape index (κ2) is 16.7. The highest BCUT2D eigenvalue weighted by molar-refractivity contribution is 5.97. The topological polar surface area (TPSA) is 123 Å². The van der Waals surface area contributed by atoms with Crippen LogP contribution >= 0.6 is 0 Å². The molecule has 0 heterocycles. The molecule has 0 saturated heterocycles. The van der Waals surface area contributed by atoms with E-state index in [1.807, 2.05) is 36.4 Å². The van der Waals surface area contributed by atoms with Crippen LogP contribution in [0.25, 0.3) is 0 Å². The maximum absolute atomic E-state index is 12.8. The van der Waals surface area contributed by atoms with Crippen LogP contribution in [0.2, 0.25) is 0 Å². The fraction of sp³-hybridized carbons (Fsp3) is 0.407. The van der Waals surface area contributed by atoms with Gasteiger partial charge in [0, 0.05) is 25.1 Å². The first-order chi connectivity index (χ1) is 17.5. The lowest BCUT2D eigenvalue weighted by Crippen LogP contribution is -2.47. The summed E-state index contributed by atoms with van der Waals surface area (Å²) in [6.07, 6.45) is 2.77. The van der Waals surface area contributed by atoms with E-state index in [1.54, 1.807) is 24.3 Å². The van der Waals surface area contributed by atoms with E-state index in [0.29, 0.717) is 50.8 Å². The van der Waals surface area contributed by atoms with Crippen molar-refractivity contribution in [2.24, 2.45) is 0 Å². The molecule has 0 aromatic heterocycles. The molecule has 3 N–H and O–H groups in total. The Morgan fingerprint density at radius 1 is 0.806 bits per heavy atom. The van der Waals surface area contributed by atoms with Crippen molar-refractivity contribution in [3.8, 4) is 0 Å². The van der Waals surface area contributed by atoms with Crippen molar-refractivity contribution < 1.29 is 28.7 Å². The summed E-state index contributed by atoms with van der Waals surface area (Å²) in [6.45, 7) is 0.901. The van der Waals surface area contributed by atoms with Crippen LogP contribution in [0.1, 0.15) is 54.4 Å². The third kappa shape index (κ3) is 11.5. The van der Waals surface area contributed by atoms with Crippen LogP contribution in [0.4, 0.5) is 4.79 Å². The van der Waals surface area contributed by atoms with Crippen molar-refractivity contribution >= 4 is 23.9 Å². The normalized spacial score (nSPS) is 11.1. The van der Waals surface area contributed by atoms with Crippen molar-refractivity contribution in [1.82, 2.24) is 16.0 Å². The number of carbonyl (C=O) groups is 4. The maximum Gasteiger partial charge on any atom is 0.407 e. The molecule has 36 heavy (non-hydrogen) atoms. The molecule has 0 fully saturated rings. The summed E-state index contributed by atoms with van der Waals surface area (Å²) in [4.78, 5) is 48.5. The van der Waals surface area contributed by atoms with E-state index in [1.165, 1.54) is 7.11 Å². The average Bonchev–Trinajstić information content (AvgIpc) is 2.91. The zero-order valence-corrected chi connectivity index (χ0v) is 20.7. The standard InChI is InChI=1S/C27H35N3O6/c1-35-24(31)17-9-4-10-18-28-26(33)23(30-25(32)22-14-7-3-8-15-22)16-11-19-29-27(34)36-20-21-12-5-2-6-13-21/h2-3,5-8,12-15,23H,4,9-11,16-20H2,1H3,(H,28,33)(H,29,34)(H,30,32)/t23-/m0/s1. The van der Waals surface area contributed by atoms with Crippen LogP contribution in [-0.4, -0.2) is 50.1 Å². The van der Waals surface area contributed by atoms with E-state index >= 15 is 0 Å². The van der Waals surface area contributed by atoms with Gasteiger partial charge in [0.1, 0.15) is 12.6 Å². The molecular weight excluding hydrogens is 462 g/mol. The number of rotatable bonds is 15. The number of carbonyl (C=O) groups excluding carboxylic acids is 4. The van der Waals surface area contributed by atoms with Crippen molar-refractivity contribution in [3.63, 3.8) is 0 Å². The molecule has 9 heteroatoms. The van der Waals surface area contributed by atoms with E-state index in [9.17, 15) is 19.2 Å². The lowest BCUT2D eigenvalue weighted by molar-refractivity contribution is -0.140. The Morgan fingerprint density at radius 3 is 2.17 bits per heavy atom. The number of hydrogen-bond acceptors (Lipinski definition) is 6. The number of amides is 3. The van der Waals surface area contributed by atoms with Crippen LogP contribution in [-0.2, 0) is 25.7 Å². The molecular formula is C27H35N3O6. The molecule has 194 valence electrons. The number of hydrogen-bond donors (Lipinski definition) is 3. The van der Waals surface area contributed by atoms with Gasteiger partial charge < -0.3 is 25.4 Å². The van der Waals surface area contributed by atoms with Gasteiger partial charge in [-0.25, -0.2) is 4.79 Å². The lowest BCUT2D eigenvalue weighted by atomic mass is 10.1. The fourth-order valence-electron chi connectivity index (χ4n) is 3.38. The van der Waals surface area contributed by atoms with Crippen molar-refractivity contribution in [2.75, 3.05) is 20.2 Å². The van der Waals surface area contributed by atoms with E-state index in [0.717, 1.165) is 12.0 Å². The molecule has 1 atom stereocenters. The third-order valence-electron chi connectivity index (χ3n) is 5.39. The first-order valence-electron chi connectivity index (χ1n) is 12.1. The number of benzene rings is 2. The molecule has 9 nitrogen and oxygen atoms in total. The first kappa shape index (κ1) is 28.4. The molecule has 3 amide bonds. The molecule has 0 unspecified atom stereocenters. The molecule has 0 saturated carbocycles. The van der Waals surface area contributed by atoms with Crippen molar-refractivity contribution in [1.29, 1.82) is 0 Å². The minimum absolute atomic E-state index is 0.171. The van der Waals surface area contributed by atoms with E-state index in [2.05, 4.69) is 20.7 Å². The summed E-state index contributed by atoms with van der Waals surface area (Å²) in [5.41, 5.74) is 1.35. The van der Waals surface area contributed by atoms with E-state index < -0.39 is 12.1 Å². The average molecular weight is 498 g/mol. The van der Waals surface area contributed by atoms with Crippen molar-refractivity contribution in [3.05, 3.63) is 71.8 Å². The number of esters is 1. The van der Waals surface area contributed by atoms with Crippen LogP contribution < -0.4 is 16.0 Å². The molecule has 2 aromatic carbocycles.